The van der Waals surface area contributed by atoms with Gasteiger partial charge in [-0.2, -0.15) is 0 Å². The highest BCUT2D eigenvalue weighted by Crippen LogP contribution is 2.11. The summed E-state index contributed by atoms with van der Waals surface area (Å²) in [7, 11) is 0. The van der Waals surface area contributed by atoms with Crippen LogP contribution in [0, 0.1) is 5.92 Å². The predicted octanol–water partition coefficient (Wildman–Crippen LogP) is 2.25. The molecule has 24 heavy (non-hydrogen) atoms. The third kappa shape index (κ3) is 6.13. The van der Waals surface area contributed by atoms with E-state index in [1.807, 2.05) is 12.1 Å². The van der Waals surface area contributed by atoms with Crippen LogP contribution in [-0.4, -0.2) is 61.6 Å². The van der Waals surface area contributed by atoms with Crippen LogP contribution in [0.5, 0.6) is 0 Å². The van der Waals surface area contributed by atoms with Crippen LogP contribution in [0.2, 0.25) is 0 Å². The molecule has 1 fully saturated rings. The molecule has 0 aliphatic carbocycles. The average molecular weight is 332 g/mol. The molecule has 0 radical (unpaired) electrons. The number of aryl methyl sites for hydroxylation is 1. The Labute approximate surface area is 146 Å². The smallest absolute Gasteiger partial charge is 0.193 e. The van der Waals surface area contributed by atoms with Crippen LogP contribution in [0.1, 0.15) is 26.3 Å². The largest absolute Gasteiger partial charge is 0.370 e. The van der Waals surface area contributed by atoms with Crippen molar-refractivity contribution in [2.75, 3.05) is 51.1 Å². The molecule has 0 spiro atoms. The molecule has 1 aliphatic rings. The summed E-state index contributed by atoms with van der Waals surface area (Å²) in [5.41, 5.74) is 8.34. The van der Waals surface area contributed by atoms with Crippen molar-refractivity contribution >= 4 is 11.6 Å². The van der Waals surface area contributed by atoms with Crippen molar-refractivity contribution in [3.8, 4) is 0 Å². The zero-order valence-electron chi connectivity index (χ0n) is 15.5. The van der Waals surface area contributed by atoms with E-state index in [0.717, 1.165) is 31.7 Å². The van der Waals surface area contributed by atoms with Crippen LogP contribution in [0.15, 0.2) is 29.3 Å². The van der Waals surface area contributed by atoms with Gasteiger partial charge in [-0.1, -0.05) is 32.9 Å². The normalized spacial score (nSPS) is 18.5. The first-order chi connectivity index (χ1) is 11.6. The molecule has 1 saturated heterocycles. The fourth-order valence-electron chi connectivity index (χ4n) is 3.10. The van der Waals surface area contributed by atoms with Crippen LogP contribution >= 0.6 is 0 Å². The lowest BCUT2D eigenvalue weighted by molar-refractivity contribution is 0.125. The van der Waals surface area contributed by atoms with Crippen LogP contribution in [0.4, 0.5) is 5.69 Å². The molecule has 1 aromatic carbocycles. The molecule has 0 bridgehead atoms. The summed E-state index contributed by atoms with van der Waals surface area (Å²) in [6.07, 6.45) is 1.02. The van der Waals surface area contributed by atoms with E-state index in [1.54, 1.807) is 0 Å². The summed E-state index contributed by atoms with van der Waals surface area (Å²) >= 11 is 0. The maximum absolute atomic E-state index is 6.03. The molecular formula is C19H33N5. The van der Waals surface area contributed by atoms with E-state index in [0.29, 0.717) is 11.9 Å². The number of nitrogens with zero attached hydrogens (tertiary/aromatic N) is 3. The molecule has 134 valence electrons. The SMILES string of the molecule is CCc1cccc(NC(N)=NCC(C)CN2CCN(CC)CC2)c1. The lowest BCUT2D eigenvalue weighted by atomic mass is 10.1. The fourth-order valence-corrected chi connectivity index (χ4v) is 3.10. The topological polar surface area (TPSA) is 56.9 Å². The molecule has 1 atom stereocenters. The van der Waals surface area contributed by atoms with Gasteiger partial charge in [-0.25, -0.2) is 0 Å². The predicted molar refractivity (Wildman–Crippen MR) is 104 cm³/mol. The lowest BCUT2D eigenvalue weighted by Gasteiger charge is -2.35. The lowest BCUT2D eigenvalue weighted by Crippen LogP contribution is -2.47. The van der Waals surface area contributed by atoms with E-state index in [9.17, 15) is 0 Å². The number of anilines is 1. The monoisotopic (exact) mass is 331 g/mol. The van der Waals surface area contributed by atoms with Gasteiger partial charge in [-0.3, -0.25) is 4.99 Å². The quantitative estimate of drug-likeness (QED) is 0.594. The molecule has 2 rings (SSSR count). The van der Waals surface area contributed by atoms with E-state index < -0.39 is 0 Å². The van der Waals surface area contributed by atoms with Gasteiger partial charge < -0.3 is 20.9 Å². The van der Waals surface area contributed by atoms with Crippen LogP contribution in [-0.2, 0) is 6.42 Å². The number of aliphatic imine (C=N–C) groups is 1. The molecule has 0 saturated carbocycles. The van der Waals surface area contributed by atoms with Crippen LogP contribution in [0.3, 0.4) is 0 Å². The molecular weight excluding hydrogens is 298 g/mol. The minimum absolute atomic E-state index is 0.505. The number of benzene rings is 1. The maximum atomic E-state index is 6.03. The summed E-state index contributed by atoms with van der Waals surface area (Å²) in [6.45, 7) is 14.4. The molecule has 1 aromatic rings. The zero-order chi connectivity index (χ0) is 17.4. The highest BCUT2D eigenvalue weighted by atomic mass is 15.3. The molecule has 5 heteroatoms. The van der Waals surface area contributed by atoms with Crippen molar-refractivity contribution < 1.29 is 0 Å². The highest BCUT2D eigenvalue weighted by molar-refractivity contribution is 5.92. The number of hydrogen-bond donors (Lipinski definition) is 2. The molecule has 0 amide bonds. The highest BCUT2D eigenvalue weighted by Gasteiger charge is 2.17. The first-order valence-corrected chi connectivity index (χ1v) is 9.21. The van der Waals surface area contributed by atoms with Gasteiger partial charge in [0.1, 0.15) is 0 Å². The van der Waals surface area contributed by atoms with Crippen molar-refractivity contribution in [3.63, 3.8) is 0 Å². The minimum Gasteiger partial charge on any atom is -0.370 e. The minimum atomic E-state index is 0.505. The van der Waals surface area contributed by atoms with Crippen molar-refractivity contribution in [3.05, 3.63) is 29.8 Å². The number of nitrogens with one attached hydrogen (secondary N) is 1. The summed E-state index contributed by atoms with van der Waals surface area (Å²) in [5, 5.41) is 3.20. The Hall–Kier alpha value is -1.59. The van der Waals surface area contributed by atoms with Gasteiger partial charge in [0.2, 0.25) is 0 Å². The summed E-state index contributed by atoms with van der Waals surface area (Å²) in [6, 6.07) is 8.32. The Morgan fingerprint density at radius 1 is 1.21 bits per heavy atom. The Morgan fingerprint density at radius 2 is 1.92 bits per heavy atom. The van der Waals surface area contributed by atoms with Gasteiger partial charge in [-0.15, -0.1) is 0 Å². The molecule has 3 N–H and O–H groups in total. The number of likely N-dealkylation sites (N-methyl/N-ethyl adjacent to an activating group) is 1. The number of piperazine rings is 1. The average Bonchev–Trinajstić information content (AvgIpc) is 2.61. The van der Waals surface area contributed by atoms with Gasteiger partial charge >= 0.3 is 0 Å². The second-order valence-electron chi connectivity index (χ2n) is 6.74. The number of rotatable bonds is 7. The van der Waals surface area contributed by atoms with Crippen molar-refractivity contribution in [2.24, 2.45) is 16.6 Å². The van der Waals surface area contributed by atoms with E-state index in [-0.39, 0.29) is 0 Å². The van der Waals surface area contributed by atoms with Gasteiger partial charge in [0, 0.05) is 45.0 Å². The van der Waals surface area contributed by atoms with E-state index in [1.165, 1.54) is 31.7 Å². The van der Waals surface area contributed by atoms with Gasteiger partial charge in [-0.05, 0) is 36.6 Å². The van der Waals surface area contributed by atoms with Crippen LogP contribution in [0.25, 0.3) is 0 Å². The second-order valence-corrected chi connectivity index (χ2v) is 6.74. The maximum Gasteiger partial charge on any atom is 0.193 e. The van der Waals surface area contributed by atoms with E-state index in [4.69, 9.17) is 5.73 Å². The third-order valence-electron chi connectivity index (χ3n) is 4.66. The Kier molecular flexibility index (Phi) is 7.53. The molecule has 5 nitrogen and oxygen atoms in total. The fraction of sp³-hybridized carbons (Fsp3) is 0.632. The standard InChI is InChI=1S/C19H33N5/c1-4-17-7-6-8-18(13-17)22-19(20)21-14-16(3)15-24-11-9-23(5-2)10-12-24/h6-8,13,16H,4-5,9-12,14-15H2,1-3H3,(H3,20,21,22). The second kappa shape index (κ2) is 9.64. The van der Waals surface area contributed by atoms with Crippen LogP contribution < -0.4 is 11.1 Å². The number of guanidine groups is 1. The molecule has 1 aliphatic heterocycles. The molecule has 1 unspecified atom stereocenters. The first kappa shape index (κ1) is 18.7. The molecule has 1 heterocycles. The first-order valence-electron chi connectivity index (χ1n) is 9.21. The van der Waals surface area contributed by atoms with Crippen molar-refractivity contribution in [1.82, 2.24) is 9.80 Å². The van der Waals surface area contributed by atoms with Gasteiger partial charge in [0.25, 0.3) is 0 Å². The van der Waals surface area contributed by atoms with Gasteiger partial charge in [0.15, 0.2) is 5.96 Å². The third-order valence-corrected chi connectivity index (χ3v) is 4.66. The molecule has 0 aromatic heterocycles. The van der Waals surface area contributed by atoms with Crippen molar-refractivity contribution in [1.29, 1.82) is 0 Å². The Morgan fingerprint density at radius 3 is 2.58 bits per heavy atom. The number of hydrogen-bond acceptors (Lipinski definition) is 3. The van der Waals surface area contributed by atoms with E-state index >= 15 is 0 Å². The summed E-state index contributed by atoms with van der Waals surface area (Å²) in [5.74, 6) is 1.02. The Bertz CT molecular complexity index is 520. The Balaban J connectivity index is 1.75. The summed E-state index contributed by atoms with van der Waals surface area (Å²) < 4.78 is 0. The van der Waals surface area contributed by atoms with E-state index in [2.05, 4.69) is 53.0 Å². The number of nitrogens with two attached hydrogens (primary N) is 1. The van der Waals surface area contributed by atoms with Gasteiger partial charge in [0.05, 0.1) is 0 Å². The summed E-state index contributed by atoms with van der Waals surface area (Å²) in [4.78, 5) is 9.57. The van der Waals surface area contributed by atoms with Crippen molar-refractivity contribution in [2.45, 2.75) is 27.2 Å². The zero-order valence-corrected chi connectivity index (χ0v) is 15.5.